The highest BCUT2D eigenvalue weighted by atomic mass is 19.1. The largest absolute Gasteiger partial charge is 0.494 e. The molecule has 0 radical (unpaired) electrons. The Kier molecular flexibility index (Phi) is 5.63. The molecule has 5 nitrogen and oxygen atoms in total. The third kappa shape index (κ3) is 4.47. The van der Waals surface area contributed by atoms with Crippen LogP contribution in [-0.4, -0.2) is 22.7 Å². The fourth-order valence-corrected chi connectivity index (χ4v) is 2.41. The molecule has 26 heavy (non-hydrogen) atoms. The summed E-state index contributed by atoms with van der Waals surface area (Å²) in [7, 11) is 0. The Morgan fingerprint density at radius 1 is 1.15 bits per heavy atom. The Hall–Kier alpha value is -3.15. The number of aromatic amines is 1. The van der Waals surface area contributed by atoms with Gasteiger partial charge in [0, 0.05) is 12.1 Å². The van der Waals surface area contributed by atoms with Crippen LogP contribution in [0, 0.1) is 5.82 Å². The standard InChI is InChI=1S/C20H20FN3O2/c1-2-11-26-17-9-3-14(4-10-17)13-22-20(25)19-12-18(23-24-19)15-5-7-16(21)8-6-15/h3-10,12H,2,11,13H2,1H3,(H,22,25)(H,23,24). The van der Waals surface area contributed by atoms with E-state index in [0.717, 1.165) is 23.3 Å². The van der Waals surface area contributed by atoms with Gasteiger partial charge in [0.2, 0.25) is 0 Å². The summed E-state index contributed by atoms with van der Waals surface area (Å²) >= 11 is 0. The van der Waals surface area contributed by atoms with Crippen LogP contribution in [0.1, 0.15) is 29.4 Å². The molecule has 134 valence electrons. The quantitative estimate of drug-likeness (QED) is 0.676. The summed E-state index contributed by atoms with van der Waals surface area (Å²) in [6.07, 6.45) is 0.960. The van der Waals surface area contributed by atoms with E-state index < -0.39 is 0 Å². The van der Waals surface area contributed by atoms with Gasteiger partial charge in [-0.2, -0.15) is 5.10 Å². The average Bonchev–Trinajstić information content (AvgIpc) is 3.16. The minimum Gasteiger partial charge on any atom is -0.494 e. The molecule has 0 spiro atoms. The summed E-state index contributed by atoms with van der Waals surface area (Å²) in [6.45, 7) is 3.14. The Bertz CT molecular complexity index is 858. The van der Waals surface area contributed by atoms with Crippen molar-refractivity contribution >= 4 is 5.91 Å². The molecule has 0 aliphatic heterocycles. The Morgan fingerprint density at radius 3 is 2.58 bits per heavy atom. The number of H-pyrrole nitrogens is 1. The van der Waals surface area contributed by atoms with E-state index in [1.807, 2.05) is 24.3 Å². The molecule has 1 amide bonds. The normalized spacial score (nSPS) is 10.5. The number of amides is 1. The summed E-state index contributed by atoms with van der Waals surface area (Å²) in [5.41, 5.74) is 2.66. The lowest BCUT2D eigenvalue weighted by Crippen LogP contribution is -2.23. The number of halogens is 1. The molecule has 3 rings (SSSR count). The first-order valence-electron chi connectivity index (χ1n) is 8.47. The second-order valence-electron chi connectivity index (χ2n) is 5.85. The smallest absolute Gasteiger partial charge is 0.269 e. The number of rotatable bonds is 7. The molecule has 0 saturated carbocycles. The van der Waals surface area contributed by atoms with E-state index in [-0.39, 0.29) is 11.7 Å². The van der Waals surface area contributed by atoms with E-state index in [1.165, 1.54) is 12.1 Å². The molecule has 0 atom stereocenters. The number of aromatic nitrogens is 2. The van der Waals surface area contributed by atoms with Crippen LogP contribution in [0.4, 0.5) is 4.39 Å². The molecule has 6 heteroatoms. The van der Waals surface area contributed by atoms with Gasteiger partial charge < -0.3 is 10.1 Å². The van der Waals surface area contributed by atoms with E-state index in [0.29, 0.717) is 24.5 Å². The summed E-state index contributed by atoms with van der Waals surface area (Å²) < 4.78 is 18.5. The number of ether oxygens (including phenoxy) is 1. The molecule has 0 fully saturated rings. The van der Waals surface area contributed by atoms with Crippen molar-refractivity contribution in [2.24, 2.45) is 0 Å². The molecule has 1 heterocycles. The third-order valence-corrected chi connectivity index (χ3v) is 3.81. The molecule has 0 aliphatic carbocycles. The first-order valence-corrected chi connectivity index (χ1v) is 8.47. The number of carbonyl (C=O) groups is 1. The van der Waals surface area contributed by atoms with Gasteiger partial charge in [0.1, 0.15) is 17.3 Å². The number of hydrogen-bond donors (Lipinski definition) is 2. The minimum atomic E-state index is -0.312. The molecule has 0 saturated heterocycles. The molecule has 1 aromatic heterocycles. The first kappa shape index (κ1) is 17.7. The number of hydrogen-bond acceptors (Lipinski definition) is 3. The zero-order valence-electron chi connectivity index (χ0n) is 14.5. The number of carbonyl (C=O) groups excluding carboxylic acids is 1. The number of benzene rings is 2. The van der Waals surface area contributed by atoms with Gasteiger partial charge in [-0.1, -0.05) is 19.1 Å². The van der Waals surface area contributed by atoms with Crippen molar-refractivity contribution in [1.82, 2.24) is 15.5 Å². The number of nitrogens with one attached hydrogen (secondary N) is 2. The summed E-state index contributed by atoms with van der Waals surface area (Å²) in [4.78, 5) is 12.3. The number of nitrogens with zero attached hydrogens (tertiary/aromatic N) is 1. The maximum atomic E-state index is 13.0. The Balaban J connectivity index is 1.57. The lowest BCUT2D eigenvalue weighted by Gasteiger charge is -2.07. The van der Waals surface area contributed by atoms with Crippen molar-refractivity contribution in [2.45, 2.75) is 19.9 Å². The van der Waals surface area contributed by atoms with Crippen molar-refractivity contribution in [3.05, 3.63) is 71.7 Å². The highest BCUT2D eigenvalue weighted by Gasteiger charge is 2.11. The van der Waals surface area contributed by atoms with Gasteiger partial charge in [0.25, 0.3) is 5.91 Å². The predicted octanol–water partition coefficient (Wildman–Crippen LogP) is 3.93. The van der Waals surface area contributed by atoms with Crippen LogP contribution < -0.4 is 10.1 Å². The Labute approximate surface area is 151 Å². The second-order valence-corrected chi connectivity index (χ2v) is 5.85. The second kappa shape index (κ2) is 8.29. The van der Waals surface area contributed by atoms with E-state index in [4.69, 9.17) is 4.74 Å². The van der Waals surface area contributed by atoms with Crippen LogP contribution >= 0.6 is 0 Å². The van der Waals surface area contributed by atoms with Gasteiger partial charge in [0.05, 0.1) is 12.3 Å². The average molecular weight is 353 g/mol. The van der Waals surface area contributed by atoms with Crippen LogP contribution in [0.25, 0.3) is 11.3 Å². The monoisotopic (exact) mass is 353 g/mol. The van der Waals surface area contributed by atoms with Crippen LogP contribution in [0.2, 0.25) is 0 Å². The lowest BCUT2D eigenvalue weighted by molar-refractivity contribution is 0.0946. The molecule has 2 N–H and O–H groups in total. The molecule has 2 aromatic carbocycles. The SMILES string of the molecule is CCCOc1ccc(CNC(=O)c2cc(-c3ccc(F)cc3)n[nH]2)cc1. The van der Waals surface area contributed by atoms with Crippen LogP contribution in [-0.2, 0) is 6.54 Å². The van der Waals surface area contributed by atoms with Gasteiger partial charge in [-0.15, -0.1) is 0 Å². The van der Waals surface area contributed by atoms with E-state index in [2.05, 4.69) is 22.4 Å². The molecule has 0 unspecified atom stereocenters. The fourth-order valence-electron chi connectivity index (χ4n) is 2.41. The van der Waals surface area contributed by atoms with Gasteiger partial charge >= 0.3 is 0 Å². The van der Waals surface area contributed by atoms with E-state index >= 15 is 0 Å². The molecular formula is C20H20FN3O2. The van der Waals surface area contributed by atoms with Crippen molar-refractivity contribution in [3.8, 4) is 17.0 Å². The highest BCUT2D eigenvalue weighted by molar-refractivity contribution is 5.93. The van der Waals surface area contributed by atoms with Gasteiger partial charge in [-0.25, -0.2) is 4.39 Å². The van der Waals surface area contributed by atoms with Crippen LogP contribution in [0.5, 0.6) is 5.75 Å². The van der Waals surface area contributed by atoms with Crippen LogP contribution in [0.15, 0.2) is 54.6 Å². The molecule has 3 aromatic rings. The highest BCUT2D eigenvalue weighted by Crippen LogP contribution is 2.18. The van der Waals surface area contributed by atoms with Crippen molar-refractivity contribution in [2.75, 3.05) is 6.61 Å². The Morgan fingerprint density at radius 2 is 1.88 bits per heavy atom. The predicted molar refractivity (Wildman–Crippen MR) is 97.4 cm³/mol. The van der Waals surface area contributed by atoms with Gasteiger partial charge in [-0.3, -0.25) is 9.89 Å². The van der Waals surface area contributed by atoms with Gasteiger partial charge in [0.15, 0.2) is 0 Å². The van der Waals surface area contributed by atoms with Gasteiger partial charge in [-0.05, 0) is 54.4 Å². The van der Waals surface area contributed by atoms with E-state index in [1.54, 1.807) is 18.2 Å². The third-order valence-electron chi connectivity index (χ3n) is 3.81. The summed E-state index contributed by atoms with van der Waals surface area (Å²) in [5.74, 6) is 0.255. The van der Waals surface area contributed by atoms with Crippen molar-refractivity contribution < 1.29 is 13.9 Å². The molecule has 0 aliphatic rings. The lowest BCUT2D eigenvalue weighted by atomic mass is 10.1. The first-order chi connectivity index (χ1) is 12.7. The maximum Gasteiger partial charge on any atom is 0.269 e. The minimum absolute atomic E-state index is 0.253. The maximum absolute atomic E-state index is 13.0. The summed E-state index contributed by atoms with van der Waals surface area (Å²) in [6, 6.07) is 15.2. The zero-order valence-corrected chi connectivity index (χ0v) is 14.5. The fraction of sp³-hybridized carbons (Fsp3) is 0.200. The van der Waals surface area contributed by atoms with E-state index in [9.17, 15) is 9.18 Å². The zero-order chi connectivity index (χ0) is 18.4. The topological polar surface area (TPSA) is 67.0 Å². The van der Waals surface area contributed by atoms with Crippen molar-refractivity contribution in [1.29, 1.82) is 0 Å². The van der Waals surface area contributed by atoms with Crippen molar-refractivity contribution in [3.63, 3.8) is 0 Å². The van der Waals surface area contributed by atoms with Crippen LogP contribution in [0.3, 0.4) is 0 Å². The molecular weight excluding hydrogens is 333 g/mol. The summed E-state index contributed by atoms with van der Waals surface area (Å²) in [5, 5.41) is 9.66. The molecule has 0 bridgehead atoms.